The molecule has 0 aliphatic carbocycles. The van der Waals surface area contributed by atoms with Crippen LogP contribution in [0.25, 0.3) is 0 Å². The first-order valence-electron chi connectivity index (χ1n) is 5.29. The van der Waals surface area contributed by atoms with Crippen LogP contribution in [0.15, 0.2) is 18.3 Å². The van der Waals surface area contributed by atoms with Crippen molar-refractivity contribution in [1.29, 1.82) is 5.26 Å². The highest BCUT2D eigenvalue weighted by Gasteiger charge is 2.02. The zero-order valence-corrected chi connectivity index (χ0v) is 9.64. The van der Waals surface area contributed by atoms with Gasteiger partial charge < -0.3 is 9.47 Å². The lowest BCUT2D eigenvalue weighted by Crippen LogP contribution is -2.11. The molecule has 1 heterocycles. The van der Waals surface area contributed by atoms with Crippen molar-refractivity contribution in [3.63, 3.8) is 0 Å². The lowest BCUT2D eigenvalue weighted by Gasteiger charge is -2.08. The summed E-state index contributed by atoms with van der Waals surface area (Å²) in [4.78, 5) is 3.98. The van der Waals surface area contributed by atoms with E-state index in [2.05, 4.69) is 18.8 Å². The van der Waals surface area contributed by atoms with Crippen molar-refractivity contribution in [3.8, 4) is 11.9 Å². The average molecular weight is 220 g/mol. The van der Waals surface area contributed by atoms with Crippen LogP contribution in [0.4, 0.5) is 0 Å². The first kappa shape index (κ1) is 12.5. The van der Waals surface area contributed by atoms with Gasteiger partial charge in [0, 0.05) is 12.8 Å². The predicted octanol–water partition coefficient (Wildman–Crippen LogP) is 2.00. The third-order valence-electron chi connectivity index (χ3n) is 1.81. The number of ether oxygens (including phenoxy) is 2. The van der Waals surface area contributed by atoms with Crippen LogP contribution in [0.5, 0.6) is 5.88 Å². The van der Waals surface area contributed by atoms with Crippen LogP contribution in [-0.2, 0) is 4.74 Å². The number of pyridine rings is 1. The summed E-state index contributed by atoms with van der Waals surface area (Å²) >= 11 is 0. The third kappa shape index (κ3) is 4.28. The number of rotatable bonds is 6. The average Bonchev–Trinajstić information content (AvgIpc) is 2.29. The van der Waals surface area contributed by atoms with E-state index in [-0.39, 0.29) is 0 Å². The third-order valence-corrected chi connectivity index (χ3v) is 1.81. The van der Waals surface area contributed by atoms with Crippen molar-refractivity contribution in [2.75, 3.05) is 19.8 Å². The summed E-state index contributed by atoms with van der Waals surface area (Å²) in [6.45, 7) is 5.83. The fourth-order valence-corrected chi connectivity index (χ4v) is 1.11. The van der Waals surface area contributed by atoms with Gasteiger partial charge in [-0.25, -0.2) is 4.98 Å². The van der Waals surface area contributed by atoms with Crippen LogP contribution in [0.2, 0.25) is 0 Å². The molecule has 16 heavy (non-hydrogen) atoms. The molecule has 0 amide bonds. The molecule has 0 unspecified atom stereocenters. The van der Waals surface area contributed by atoms with Gasteiger partial charge in [0.05, 0.1) is 6.61 Å². The Morgan fingerprint density at radius 2 is 2.25 bits per heavy atom. The van der Waals surface area contributed by atoms with E-state index in [1.54, 1.807) is 18.3 Å². The van der Waals surface area contributed by atoms with E-state index in [0.717, 1.165) is 6.61 Å². The smallest absolute Gasteiger partial charge is 0.231 e. The van der Waals surface area contributed by atoms with Gasteiger partial charge in [-0.05, 0) is 18.1 Å². The highest BCUT2D eigenvalue weighted by atomic mass is 16.5. The minimum absolute atomic E-state index is 0.373. The van der Waals surface area contributed by atoms with Crippen LogP contribution in [0.3, 0.4) is 0 Å². The van der Waals surface area contributed by atoms with Gasteiger partial charge in [-0.2, -0.15) is 5.26 Å². The molecule has 4 nitrogen and oxygen atoms in total. The normalized spacial score (nSPS) is 10.1. The summed E-state index contributed by atoms with van der Waals surface area (Å²) in [5, 5.41) is 8.79. The molecule has 0 aromatic carbocycles. The van der Waals surface area contributed by atoms with E-state index < -0.39 is 0 Å². The topological polar surface area (TPSA) is 55.1 Å². The Morgan fingerprint density at radius 1 is 1.44 bits per heavy atom. The van der Waals surface area contributed by atoms with Crippen LogP contribution >= 0.6 is 0 Å². The van der Waals surface area contributed by atoms with Crippen LogP contribution in [0.1, 0.15) is 19.4 Å². The lowest BCUT2D eigenvalue weighted by molar-refractivity contribution is 0.0805. The Morgan fingerprint density at radius 3 is 2.94 bits per heavy atom. The predicted molar refractivity (Wildman–Crippen MR) is 60.1 cm³/mol. The molecule has 1 aromatic heterocycles. The molecule has 0 saturated carbocycles. The van der Waals surface area contributed by atoms with Crippen molar-refractivity contribution < 1.29 is 9.47 Å². The van der Waals surface area contributed by atoms with Crippen LogP contribution in [0, 0.1) is 17.2 Å². The summed E-state index contributed by atoms with van der Waals surface area (Å²) in [6, 6.07) is 5.41. The Bertz CT molecular complexity index is 358. The van der Waals surface area contributed by atoms with E-state index in [4.69, 9.17) is 14.7 Å². The largest absolute Gasteiger partial charge is 0.474 e. The van der Waals surface area contributed by atoms with Gasteiger partial charge in [0.1, 0.15) is 18.2 Å². The Hall–Kier alpha value is -1.60. The fourth-order valence-electron chi connectivity index (χ4n) is 1.11. The molecule has 0 aliphatic heterocycles. The first-order valence-corrected chi connectivity index (χ1v) is 5.29. The summed E-state index contributed by atoms with van der Waals surface area (Å²) in [5.41, 5.74) is 0.450. The van der Waals surface area contributed by atoms with Crippen molar-refractivity contribution in [3.05, 3.63) is 23.9 Å². The molecule has 0 radical (unpaired) electrons. The van der Waals surface area contributed by atoms with E-state index >= 15 is 0 Å². The fraction of sp³-hybridized carbons (Fsp3) is 0.500. The van der Waals surface area contributed by atoms with Crippen LogP contribution in [-0.4, -0.2) is 24.8 Å². The van der Waals surface area contributed by atoms with Gasteiger partial charge in [0.15, 0.2) is 0 Å². The van der Waals surface area contributed by atoms with Gasteiger partial charge in [0.25, 0.3) is 0 Å². The Balaban J connectivity index is 2.30. The summed E-state index contributed by atoms with van der Waals surface area (Å²) in [6.07, 6.45) is 1.60. The standard InChI is InChI=1S/C12H16N2O2/c1-10(2)9-15-6-7-16-12-11(8-13)4-3-5-14-12/h3-5,10H,6-7,9H2,1-2H3. The van der Waals surface area contributed by atoms with E-state index in [1.807, 2.05) is 6.07 Å². The van der Waals surface area contributed by atoms with Crippen LogP contribution < -0.4 is 4.74 Å². The second-order valence-electron chi connectivity index (χ2n) is 3.79. The van der Waals surface area contributed by atoms with Gasteiger partial charge in [-0.3, -0.25) is 0 Å². The molecular formula is C12H16N2O2. The van der Waals surface area contributed by atoms with E-state index in [9.17, 15) is 0 Å². The second kappa shape index (κ2) is 6.81. The molecule has 86 valence electrons. The van der Waals surface area contributed by atoms with Crippen molar-refractivity contribution in [1.82, 2.24) is 4.98 Å². The summed E-state index contributed by atoms with van der Waals surface area (Å²) in [5.74, 6) is 0.891. The molecule has 1 aromatic rings. The number of nitriles is 1. The van der Waals surface area contributed by atoms with Gasteiger partial charge >= 0.3 is 0 Å². The SMILES string of the molecule is CC(C)COCCOc1ncccc1C#N. The Kier molecular flexibility index (Phi) is 5.30. The van der Waals surface area contributed by atoms with E-state index in [0.29, 0.717) is 30.6 Å². The zero-order valence-electron chi connectivity index (χ0n) is 9.64. The quantitative estimate of drug-likeness (QED) is 0.688. The Labute approximate surface area is 95.8 Å². The number of nitrogens with zero attached hydrogens (tertiary/aromatic N) is 2. The number of aromatic nitrogens is 1. The molecule has 4 heteroatoms. The number of hydrogen-bond donors (Lipinski definition) is 0. The number of hydrogen-bond acceptors (Lipinski definition) is 4. The monoisotopic (exact) mass is 220 g/mol. The molecule has 0 fully saturated rings. The highest BCUT2D eigenvalue weighted by Crippen LogP contribution is 2.11. The van der Waals surface area contributed by atoms with Crippen molar-refractivity contribution >= 4 is 0 Å². The molecule has 0 spiro atoms. The minimum atomic E-state index is 0.373. The maximum atomic E-state index is 8.79. The molecule has 0 N–H and O–H groups in total. The summed E-state index contributed by atoms with van der Waals surface area (Å²) in [7, 11) is 0. The summed E-state index contributed by atoms with van der Waals surface area (Å²) < 4.78 is 10.7. The zero-order chi connectivity index (χ0) is 11.8. The van der Waals surface area contributed by atoms with Gasteiger partial charge in [-0.15, -0.1) is 0 Å². The molecule has 0 atom stereocenters. The molecule has 0 saturated heterocycles. The van der Waals surface area contributed by atoms with Crippen molar-refractivity contribution in [2.45, 2.75) is 13.8 Å². The van der Waals surface area contributed by atoms with Gasteiger partial charge in [-0.1, -0.05) is 13.8 Å². The molecular weight excluding hydrogens is 204 g/mol. The highest BCUT2D eigenvalue weighted by molar-refractivity contribution is 5.36. The van der Waals surface area contributed by atoms with Gasteiger partial charge in [0.2, 0.25) is 5.88 Å². The van der Waals surface area contributed by atoms with Crippen molar-refractivity contribution in [2.24, 2.45) is 5.92 Å². The van der Waals surface area contributed by atoms with E-state index in [1.165, 1.54) is 0 Å². The molecule has 1 rings (SSSR count). The lowest BCUT2D eigenvalue weighted by atomic mass is 10.2. The maximum absolute atomic E-state index is 8.79. The molecule has 0 bridgehead atoms. The molecule has 0 aliphatic rings. The second-order valence-corrected chi connectivity index (χ2v) is 3.79. The minimum Gasteiger partial charge on any atom is -0.474 e. The maximum Gasteiger partial charge on any atom is 0.231 e. The first-order chi connectivity index (χ1) is 7.74.